The Kier molecular flexibility index (Phi) is 5.57. The molecule has 0 aromatic heterocycles. The van der Waals surface area contributed by atoms with E-state index in [9.17, 15) is 18.3 Å². The molecule has 1 aliphatic rings. The van der Waals surface area contributed by atoms with Crippen LogP contribution in [-0.4, -0.2) is 45.4 Å². The van der Waals surface area contributed by atoms with Crippen molar-refractivity contribution in [2.75, 3.05) is 19.8 Å². The SMILES string of the molecule is O=C(CNS(=O)(=O)c1ccc2c(c1)OCCO2)N/N=C/c1ccccc1O. The average Bonchev–Trinajstić information content (AvgIpc) is 2.67. The van der Waals surface area contributed by atoms with Crippen LogP contribution in [0.4, 0.5) is 0 Å². The van der Waals surface area contributed by atoms with Gasteiger partial charge in [0.1, 0.15) is 19.0 Å². The molecule has 1 aliphatic heterocycles. The van der Waals surface area contributed by atoms with Crippen molar-refractivity contribution >= 4 is 22.1 Å². The summed E-state index contributed by atoms with van der Waals surface area (Å²) in [4.78, 5) is 11.7. The Hall–Kier alpha value is -3.11. The molecule has 1 heterocycles. The van der Waals surface area contributed by atoms with Crippen molar-refractivity contribution in [2.45, 2.75) is 4.90 Å². The summed E-state index contributed by atoms with van der Waals surface area (Å²) in [5.74, 6) is 0.148. The van der Waals surface area contributed by atoms with Gasteiger partial charge in [0.05, 0.1) is 17.7 Å². The number of phenols is 1. The molecule has 1 amide bonds. The monoisotopic (exact) mass is 391 g/mol. The molecule has 9 nitrogen and oxygen atoms in total. The predicted octanol–water partition coefficient (Wildman–Crippen LogP) is 0.592. The molecule has 0 saturated heterocycles. The molecule has 0 spiro atoms. The van der Waals surface area contributed by atoms with Gasteiger partial charge in [0.15, 0.2) is 11.5 Å². The Morgan fingerprint density at radius 3 is 2.67 bits per heavy atom. The molecule has 2 aromatic rings. The largest absolute Gasteiger partial charge is 0.507 e. The number of nitrogens with one attached hydrogen (secondary N) is 2. The molecule has 10 heteroatoms. The lowest BCUT2D eigenvalue weighted by molar-refractivity contribution is -0.119. The van der Waals surface area contributed by atoms with Gasteiger partial charge >= 0.3 is 0 Å². The van der Waals surface area contributed by atoms with Gasteiger partial charge in [-0.1, -0.05) is 12.1 Å². The highest BCUT2D eigenvalue weighted by molar-refractivity contribution is 7.89. The summed E-state index contributed by atoms with van der Waals surface area (Å²) in [7, 11) is -3.91. The summed E-state index contributed by atoms with van der Waals surface area (Å²) in [5, 5.41) is 13.3. The van der Waals surface area contributed by atoms with Crippen LogP contribution in [-0.2, 0) is 14.8 Å². The van der Waals surface area contributed by atoms with Gasteiger partial charge in [-0.15, -0.1) is 0 Å². The predicted molar refractivity (Wildman–Crippen MR) is 96.5 cm³/mol. The second kappa shape index (κ2) is 8.06. The van der Waals surface area contributed by atoms with E-state index in [4.69, 9.17) is 9.47 Å². The topological polar surface area (TPSA) is 126 Å². The van der Waals surface area contributed by atoms with Crippen molar-refractivity contribution in [3.8, 4) is 17.2 Å². The van der Waals surface area contributed by atoms with Crippen LogP contribution in [0.2, 0.25) is 0 Å². The molecule has 142 valence electrons. The number of ether oxygens (including phenoxy) is 2. The van der Waals surface area contributed by atoms with Crippen LogP contribution in [0.5, 0.6) is 17.2 Å². The number of phenolic OH excluding ortho intramolecular Hbond substituents is 1. The number of rotatable bonds is 6. The highest BCUT2D eigenvalue weighted by Gasteiger charge is 2.20. The average molecular weight is 391 g/mol. The van der Waals surface area contributed by atoms with Crippen molar-refractivity contribution in [3.05, 3.63) is 48.0 Å². The molecule has 0 aliphatic carbocycles. The Balaban J connectivity index is 1.57. The molecular weight excluding hydrogens is 374 g/mol. The molecule has 0 radical (unpaired) electrons. The van der Waals surface area contributed by atoms with Crippen molar-refractivity contribution in [3.63, 3.8) is 0 Å². The molecule has 0 fully saturated rings. The number of amides is 1. The van der Waals surface area contributed by atoms with Gasteiger partial charge in [0.25, 0.3) is 5.91 Å². The lowest BCUT2D eigenvalue weighted by atomic mass is 10.2. The van der Waals surface area contributed by atoms with Gasteiger partial charge < -0.3 is 14.6 Å². The van der Waals surface area contributed by atoms with Crippen LogP contribution >= 0.6 is 0 Å². The first kappa shape index (κ1) is 18.7. The van der Waals surface area contributed by atoms with Gasteiger partial charge in [-0.05, 0) is 24.3 Å². The van der Waals surface area contributed by atoms with E-state index in [1.807, 2.05) is 0 Å². The van der Waals surface area contributed by atoms with Crippen molar-refractivity contribution in [1.82, 2.24) is 10.1 Å². The molecule has 0 atom stereocenters. The maximum atomic E-state index is 12.3. The van der Waals surface area contributed by atoms with Gasteiger partial charge in [-0.25, -0.2) is 18.6 Å². The number of fused-ring (bicyclic) bond motifs is 1. The zero-order valence-corrected chi connectivity index (χ0v) is 14.9. The van der Waals surface area contributed by atoms with Gasteiger partial charge in [0.2, 0.25) is 10.0 Å². The van der Waals surface area contributed by atoms with Gasteiger partial charge in [-0.2, -0.15) is 5.10 Å². The van der Waals surface area contributed by atoms with E-state index in [2.05, 4.69) is 15.2 Å². The fraction of sp³-hybridized carbons (Fsp3) is 0.176. The first-order valence-corrected chi connectivity index (χ1v) is 9.43. The van der Waals surface area contributed by atoms with Crippen LogP contribution in [0.1, 0.15) is 5.56 Å². The van der Waals surface area contributed by atoms with E-state index in [1.54, 1.807) is 18.2 Å². The number of carbonyl (C=O) groups excluding carboxylic acids is 1. The maximum absolute atomic E-state index is 12.3. The molecule has 0 bridgehead atoms. The Bertz CT molecular complexity index is 974. The zero-order chi connectivity index (χ0) is 19.3. The molecular formula is C17H17N3O6S. The number of para-hydroxylation sites is 1. The van der Waals surface area contributed by atoms with E-state index in [1.165, 1.54) is 30.5 Å². The quantitative estimate of drug-likeness (QED) is 0.489. The number of nitrogens with zero attached hydrogens (tertiary/aromatic N) is 1. The van der Waals surface area contributed by atoms with E-state index < -0.39 is 22.5 Å². The lowest BCUT2D eigenvalue weighted by Gasteiger charge is -2.18. The third kappa shape index (κ3) is 4.74. The first-order chi connectivity index (χ1) is 13.0. The number of aromatic hydroxyl groups is 1. The summed E-state index contributed by atoms with van der Waals surface area (Å²) in [6.45, 7) is 0.231. The van der Waals surface area contributed by atoms with E-state index in [-0.39, 0.29) is 10.6 Å². The standard InChI is InChI=1S/C17H17N3O6S/c21-14-4-2-1-3-12(14)10-18-20-17(22)11-19-27(23,24)13-5-6-15-16(9-13)26-8-7-25-15/h1-6,9-10,19,21H,7-8,11H2,(H,20,22)/b18-10+. The van der Waals surface area contributed by atoms with Gasteiger partial charge in [0, 0.05) is 11.6 Å². The van der Waals surface area contributed by atoms with Crippen LogP contribution in [0.3, 0.4) is 0 Å². The minimum atomic E-state index is -3.91. The Morgan fingerprint density at radius 1 is 1.15 bits per heavy atom. The molecule has 0 unspecified atom stereocenters. The third-order valence-electron chi connectivity index (χ3n) is 3.58. The summed E-state index contributed by atoms with van der Waals surface area (Å²) < 4.78 is 37.5. The number of hydrazone groups is 1. The summed E-state index contributed by atoms with van der Waals surface area (Å²) in [6, 6.07) is 10.6. The highest BCUT2D eigenvalue weighted by Crippen LogP contribution is 2.32. The lowest BCUT2D eigenvalue weighted by Crippen LogP contribution is -2.35. The molecule has 0 saturated carbocycles. The van der Waals surface area contributed by atoms with Crippen LogP contribution in [0, 0.1) is 0 Å². The van der Waals surface area contributed by atoms with Crippen molar-refractivity contribution in [1.29, 1.82) is 0 Å². The number of benzene rings is 2. The van der Waals surface area contributed by atoms with Crippen LogP contribution < -0.4 is 19.6 Å². The number of sulfonamides is 1. The smallest absolute Gasteiger partial charge is 0.255 e. The van der Waals surface area contributed by atoms with Crippen molar-refractivity contribution in [2.24, 2.45) is 5.10 Å². The second-order valence-electron chi connectivity index (χ2n) is 5.48. The van der Waals surface area contributed by atoms with E-state index in [0.717, 1.165) is 0 Å². The Morgan fingerprint density at radius 2 is 1.89 bits per heavy atom. The summed E-state index contributed by atoms with van der Waals surface area (Å²) in [5.41, 5.74) is 2.59. The maximum Gasteiger partial charge on any atom is 0.255 e. The summed E-state index contributed by atoms with van der Waals surface area (Å²) >= 11 is 0. The zero-order valence-electron chi connectivity index (χ0n) is 14.1. The highest BCUT2D eigenvalue weighted by atomic mass is 32.2. The van der Waals surface area contributed by atoms with Gasteiger partial charge in [-0.3, -0.25) is 4.79 Å². The number of carbonyl (C=O) groups is 1. The molecule has 2 aromatic carbocycles. The second-order valence-corrected chi connectivity index (χ2v) is 7.25. The van der Waals surface area contributed by atoms with Crippen molar-refractivity contribution < 1.29 is 27.8 Å². The minimum Gasteiger partial charge on any atom is -0.507 e. The normalized spacial score (nSPS) is 13.5. The third-order valence-corrected chi connectivity index (χ3v) is 4.98. The van der Waals surface area contributed by atoms with E-state index in [0.29, 0.717) is 30.3 Å². The van der Waals surface area contributed by atoms with E-state index >= 15 is 0 Å². The number of hydrogen-bond donors (Lipinski definition) is 3. The van der Waals surface area contributed by atoms with Crippen LogP contribution in [0.15, 0.2) is 52.5 Å². The fourth-order valence-electron chi connectivity index (χ4n) is 2.24. The molecule has 3 N–H and O–H groups in total. The first-order valence-electron chi connectivity index (χ1n) is 7.95. The minimum absolute atomic E-state index is 0.00908. The molecule has 3 rings (SSSR count). The molecule has 27 heavy (non-hydrogen) atoms. The Labute approximate surface area is 155 Å². The summed E-state index contributed by atoms with van der Waals surface area (Å²) in [6.07, 6.45) is 1.25. The fourth-order valence-corrected chi connectivity index (χ4v) is 3.24. The number of hydrogen-bond acceptors (Lipinski definition) is 7. The van der Waals surface area contributed by atoms with Crippen LogP contribution in [0.25, 0.3) is 0 Å².